The average molecular weight is 550 g/mol. The maximum Gasteiger partial charge on any atom is 0.381 e. The molecule has 0 aliphatic carbocycles. The Labute approximate surface area is 245 Å². The van der Waals surface area contributed by atoms with Gasteiger partial charge in [-0.25, -0.2) is 0 Å². The Bertz CT molecular complexity index is 2120. The number of benzene rings is 3. The summed E-state index contributed by atoms with van der Waals surface area (Å²) in [5, 5.41) is 0. The van der Waals surface area contributed by atoms with Crippen molar-refractivity contribution in [3.8, 4) is 34.3 Å². The third-order valence-electron chi connectivity index (χ3n) is 9.87. The standard InChI is InChI=1S/C37H31N3O2/c1-35(2,3)20-16-25-26-17-21(36(4,5)6)19-31-40(26)37-32-27(12-9-13-28(32)42-31)41-29-15-14-23-22-10-7-8-11-24(22)38(34(23)33(29)37)30(18-20)39(25)37/h7-19H,1-6H3/q+2. The van der Waals surface area contributed by atoms with Gasteiger partial charge >= 0.3 is 11.5 Å². The molecule has 6 aliphatic rings. The lowest BCUT2D eigenvalue weighted by molar-refractivity contribution is -0.756. The van der Waals surface area contributed by atoms with Crippen LogP contribution in [0.4, 0.5) is 11.4 Å². The van der Waals surface area contributed by atoms with Crippen LogP contribution in [-0.4, -0.2) is 10.7 Å². The number of fused-ring (bicyclic) bond motifs is 4. The van der Waals surface area contributed by atoms with Gasteiger partial charge in [-0.1, -0.05) is 59.7 Å². The molecule has 204 valence electrons. The molecule has 1 spiro atoms. The van der Waals surface area contributed by atoms with E-state index in [1.165, 1.54) is 56.4 Å². The minimum absolute atomic E-state index is 0.0449. The maximum absolute atomic E-state index is 6.84. The number of amidine groups is 1. The van der Waals surface area contributed by atoms with Crippen LogP contribution in [0.3, 0.4) is 0 Å². The summed E-state index contributed by atoms with van der Waals surface area (Å²) in [6.45, 7) is 13.8. The molecule has 1 atom stereocenters. The number of pyridine rings is 1. The largest absolute Gasteiger partial charge is 0.455 e. The third kappa shape index (κ3) is 2.35. The van der Waals surface area contributed by atoms with Gasteiger partial charge in [0, 0.05) is 23.3 Å². The molecule has 0 saturated heterocycles. The molecule has 7 heterocycles. The molecule has 1 unspecified atom stereocenters. The normalized spacial score (nSPS) is 20.8. The van der Waals surface area contributed by atoms with Gasteiger partial charge in [0.2, 0.25) is 5.70 Å². The lowest BCUT2D eigenvalue weighted by atomic mass is 9.79. The molecule has 6 aliphatic heterocycles. The van der Waals surface area contributed by atoms with Crippen molar-refractivity contribution in [3.05, 3.63) is 107 Å². The van der Waals surface area contributed by atoms with Crippen LogP contribution >= 0.6 is 0 Å². The Kier molecular flexibility index (Phi) is 3.67. The van der Waals surface area contributed by atoms with Gasteiger partial charge in [-0.15, -0.1) is 9.47 Å². The summed E-state index contributed by atoms with van der Waals surface area (Å²) in [7, 11) is 0. The minimum Gasteiger partial charge on any atom is -0.455 e. The van der Waals surface area contributed by atoms with Crippen LogP contribution in [0.15, 0.2) is 84.5 Å². The fraction of sp³-hybridized carbons (Fsp3) is 0.243. The van der Waals surface area contributed by atoms with Gasteiger partial charge in [-0.05, 0) is 64.4 Å². The highest BCUT2D eigenvalue weighted by Gasteiger charge is 2.77. The van der Waals surface area contributed by atoms with Gasteiger partial charge in [0.25, 0.3) is 11.5 Å². The molecule has 3 aromatic carbocycles. The summed E-state index contributed by atoms with van der Waals surface area (Å²) in [6.07, 6.45) is 4.84. The van der Waals surface area contributed by atoms with E-state index in [-0.39, 0.29) is 10.8 Å². The second-order valence-electron chi connectivity index (χ2n) is 14.3. The molecule has 1 aromatic heterocycles. The summed E-state index contributed by atoms with van der Waals surface area (Å²) in [4.78, 5) is 2.58. The average Bonchev–Trinajstić information content (AvgIpc) is 3.44. The van der Waals surface area contributed by atoms with Crippen molar-refractivity contribution in [2.24, 2.45) is 5.41 Å². The van der Waals surface area contributed by atoms with Crippen molar-refractivity contribution in [3.63, 3.8) is 0 Å². The molecule has 0 fully saturated rings. The maximum atomic E-state index is 6.84. The minimum atomic E-state index is -0.677. The predicted octanol–water partition coefficient (Wildman–Crippen LogP) is 8.10. The van der Waals surface area contributed by atoms with Crippen molar-refractivity contribution in [1.29, 1.82) is 0 Å². The fourth-order valence-electron chi connectivity index (χ4n) is 7.93. The van der Waals surface area contributed by atoms with Crippen LogP contribution in [0.25, 0.3) is 16.8 Å². The van der Waals surface area contributed by atoms with Crippen molar-refractivity contribution in [2.45, 2.75) is 52.6 Å². The van der Waals surface area contributed by atoms with Crippen LogP contribution in [0, 0.1) is 5.41 Å². The number of hydrogen-bond donors (Lipinski definition) is 0. The van der Waals surface area contributed by atoms with E-state index in [0.29, 0.717) is 0 Å². The van der Waals surface area contributed by atoms with E-state index in [2.05, 4.69) is 128 Å². The summed E-state index contributed by atoms with van der Waals surface area (Å²) < 4.78 is 18.5. The molecule has 42 heavy (non-hydrogen) atoms. The summed E-state index contributed by atoms with van der Waals surface area (Å²) in [5.41, 5.74) is 11.3. The second kappa shape index (κ2) is 6.70. The molecule has 0 radical (unpaired) electrons. The zero-order chi connectivity index (χ0) is 28.5. The number of ether oxygens (including phenoxy) is 2. The lowest BCUT2D eigenvalue weighted by Gasteiger charge is -2.41. The zero-order valence-corrected chi connectivity index (χ0v) is 24.7. The second-order valence-corrected chi connectivity index (χ2v) is 14.3. The Morgan fingerprint density at radius 2 is 1.48 bits per heavy atom. The van der Waals surface area contributed by atoms with E-state index in [1.807, 2.05) is 6.07 Å². The predicted molar refractivity (Wildman–Crippen MR) is 164 cm³/mol. The number of para-hydroxylation sites is 1. The highest BCUT2D eigenvalue weighted by molar-refractivity contribution is 6.13. The first kappa shape index (κ1) is 23.0. The summed E-state index contributed by atoms with van der Waals surface area (Å²) in [5.74, 6) is 4.63. The zero-order valence-electron chi connectivity index (χ0n) is 24.7. The molecule has 4 aromatic rings. The van der Waals surface area contributed by atoms with Crippen LogP contribution in [0.5, 0.6) is 23.1 Å². The summed E-state index contributed by atoms with van der Waals surface area (Å²) in [6, 6.07) is 24.1. The first-order valence-electron chi connectivity index (χ1n) is 14.9. The number of rotatable bonds is 0. The first-order chi connectivity index (χ1) is 20.1. The van der Waals surface area contributed by atoms with Crippen molar-refractivity contribution < 1.29 is 14.0 Å². The van der Waals surface area contributed by atoms with Crippen LogP contribution in [-0.2, 0) is 11.1 Å². The molecular formula is C37H31N3O2+2. The molecule has 10 rings (SSSR count). The number of aromatic nitrogens is 1. The van der Waals surface area contributed by atoms with Crippen LogP contribution in [0.2, 0.25) is 0 Å². The highest BCUT2D eigenvalue weighted by atomic mass is 16.5. The topological polar surface area (TPSA) is 28.6 Å². The molecule has 0 bridgehead atoms. The number of hydrogen-bond acceptors (Lipinski definition) is 3. The Hall–Kier alpha value is -4.64. The van der Waals surface area contributed by atoms with Crippen molar-refractivity contribution in [2.75, 3.05) is 0 Å². The first-order valence-corrected chi connectivity index (χ1v) is 14.9. The van der Waals surface area contributed by atoms with E-state index in [4.69, 9.17) is 9.47 Å². The van der Waals surface area contributed by atoms with Gasteiger partial charge in [0.1, 0.15) is 17.2 Å². The molecule has 5 nitrogen and oxygen atoms in total. The molecule has 5 heteroatoms. The molecule has 0 N–H and O–H groups in total. The van der Waals surface area contributed by atoms with Crippen LogP contribution in [0.1, 0.15) is 63.9 Å². The van der Waals surface area contributed by atoms with Gasteiger partial charge in [0.15, 0.2) is 22.6 Å². The summed E-state index contributed by atoms with van der Waals surface area (Å²) >= 11 is 0. The quantitative estimate of drug-likeness (QED) is 0.183. The third-order valence-corrected chi connectivity index (χ3v) is 9.87. The van der Waals surface area contributed by atoms with Gasteiger partial charge in [-0.3, -0.25) is 0 Å². The van der Waals surface area contributed by atoms with E-state index in [0.717, 1.165) is 28.7 Å². The smallest absolute Gasteiger partial charge is 0.381 e. The van der Waals surface area contributed by atoms with Gasteiger partial charge in [0.05, 0.1) is 6.07 Å². The molecule has 0 saturated carbocycles. The van der Waals surface area contributed by atoms with E-state index in [9.17, 15) is 0 Å². The number of allylic oxidation sites excluding steroid dienone is 2. The van der Waals surface area contributed by atoms with Gasteiger partial charge < -0.3 is 9.47 Å². The Morgan fingerprint density at radius 1 is 0.714 bits per heavy atom. The van der Waals surface area contributed by atoms with E-state index < -0.39 is 5.66 Å². The Morgan fingerprint density at radius 3 is 2.26 bits per heavy atom. The molecule has 0 amide bonds. The SMILES string of the molecule is CC(C)(C)C1=CC2=[N+]3c4ccccc4-c4ccc5c(c43)C34c6c(cccc6Oc6cc(C(C)(C)C)cc([n+]63)C(=C1)N24)O5. The highest BCUT2D eigenvalue weighted by Crippen LogP contribution is 2.66. The molecular weight excluding hydrogens is 518 g/mol. The number of nitrogens with zero attached hydrogens (tertiary/aromatic N) is 3. The van der Waals surface area contributed by atoms with E-state index in [1.54, 1.807) is 0 Å². The lowest BCUT2D eigenvalue weighted by Crippen LogP contribution is -2.68. The van der Waals surface area contributed by atoms with E-state index >= 15 is 0 Å². The van der Waals surface area contributed by atoms with Crippen molar-refractivity contribution >= 4 is 22.9 Å². The van der Waals surface area contributed by atoms with Crippen LogP contribution < -0.4 is 18.6 Å². The fourth-order valence-corrected chi connectivity index (χ4v) is 7.93. The Balaban J connectivity index is 1.47. The monoisotopic (exact) mass is 549 g/mol. The van der Waals surface area contributed by atoms with Gasteiger partial charge in [-0.2, -0.15) is 4.58 Å². The van der Waals surface area contributed by atoms with Crippen molar-refractivity contribution in [1.82, 2.24) is 9.48 Å².